The zero-order valence-electron chi connectivity index (χ0n) is 11.7. The van der Waals surface area contributed by atoms with E-state index in [9.17, 15) is 8.78 Å². The van der Waals surface area contributed by atoms with Crippen molar-refractivity contribution in [2.75, 3.05) is 6.54 Å². The summed E-state index contributed by atoms with van der Waals surface area (Å²) in [5, 5.41) is 3.30. The molecule has 0 aliphatic heterocycles. The van der Waals surface area contributed by atoms with E-state index in [0.717, 1.165) is 23.1 Å². The van der Waals surface area contributed by atoms with E-state index in [1.807, 2.05) is 19.1 Å². The van der Waals surface area contributed by atoms with E-state index in [2.05, 4.69) is 26.2 Å². The molecule has 2 aromatic rings. The molecule has 21 heavy (non-hydrogen) atoms. The summed E-state index contributed by atoms with van der Waals surface area (Å²) in [5.41, 5.74) is 0.845. The minimum Gasteiger partial charge on any atom is -0.308 e. The van der Waals surface area contributed by atoms with Gasteiger partial charge in [0, 0.05) is 16.2 Å². The molecule has 1 unspecified atom stereocenters. The summed E-state index contributed by atoms with van der Waals surface area (Å²) < 4.78 is 28.5. The lowest BCUT2D eigenvalue weighted by atomic mass is 10.0. The Morgan fingerprint density at radius 3 is 2.52 bits per heavy atom. The van der Waals surface area contributed by atoms with Crippen molar-refractivity contribution in [2.24, 2.45) is 0 Å². The second kappa shape index (κ2) is 7.61. The van der Waals surface area contributed by atoms with Crippen molar-refractivity contribution < 1.29 is 8.78 Å². The van der Waals surface area contributed by atoms with Crippen LogP contribution in [-0.4, -0.2) is 11.5 Å². The third-order valence-corrected chi connectivity index (χ3v) is 3.90. The van der Waals surface area contributed by atoms with Gasteiger partial charge in [0.25, 0.3) is 0 Å². The summed E-state index contributed by atoms with van der Waals surface area (Å²) >= 11 is 3.45. The maximum Gasteiger partial charge on any atom is 0.129 e. The number of rotatable bonds is 6. The van der Waals surface area contributed by atoms with E-state index < -0.39 is 11.6 Å². The van der Waals surface area contributed by atoms with Gasteiger partial charge >= 0.3 is 0 Å². The van der Waals surface area contributed by atoms with Gasteiger partial charge in [-0.25, -0.2) is 8.78 Å². The van der Waals surface area contributed by atoms with Crippen LogP contribution in [0.4, 0.5) is 8.78 Å². The van der Waals surface area contributed by atoms with Gasteiger partial charge in [0.1, 0.15) is 11.6 Å². The molecule has 0 aliphatic carbocycles. The first-order chi connectivity index (χ1) is 10.1. The average molecular weight is 355 g/mol. The highest BCUT2D eigenvalue weighted by Gasteiger charge is 2.19. The largest absolute Gasteiger partial charge is 0.308 e. The number of aromatic nitrogens is 1. The predicted octanol–water partition coefficient (Wildman–Crippen LogP) is 4.41. The van der Waals surface area contributed by atoms with E-state index in [1.165, 1.54) is 18.2 Å². The lowest BCUT2D eigenvalue weighted by molar-refractivity contribution is 0.481. The number of halogens is 3. The molecule has 112 valence electrons. The zero-order valence-corrected chi connectivity index (χ0v) is 13.3. The smallest absolute Gasteiger partial charge is 0.129 e. The third kappa shape index (κ3) is 4.08. The molecule has 1 aromatic heterocycles. The SMILES string of the molecule is CCCNC(Cc1c(F)cccc1F)c1ncccc1Br. The quantitative estimate of drug-likeness (QED) is 0.831. The van der Waals surface area contributed by atoms with Gasteiger partial charge in [-0.1, -0.05) is 13.0 Å². The van der Waals surface area contributed by atoms with E-state index in [-0.39, 0.29) is 18.0 Å². The average Bonchev–Trinajstić information content (AvgIpc) is 2.47. The number of nitrogens with zero attached hydrogens (tertiary/aromatic N) is 1. The van der Waals surface area contributed by atoms with Gasteiger partial charge in [0.05, 0.1) is 11.7 Å². The van der Waals surface area contributed by atoms with Crippen LogP contribution in [-0.2, 0) is 6.42 Å². The van der Waals surface area contributed by atoms with Gasteiger partial charge in [0.2, 0.25) is 0 Å². The van der Waals surface area contributed by atoms with Gasteiger partial charge in [-0.3, -0.25) is 4.98 Å². The van der Waals surface area contributed by atoms with E-state index in [1.54, 1.807) is 6.20 Å². The Morgan fingerprint density at radius 2 is 1.90 bits per heavy atom. The molecule has 2 nitrogen and oxygen atoms in total. The van der Waals surface area contributed by atoms with Crippen molar-refractivity contribution in [3.63, 3.8) is 0 Å². The molecule has 0 amide bonds. The van der Waals surface area contributed by atoms with Gasteiger partial charge < -0.3 is 5.32 Å². The maximum absolute atomic E-state index is 13.8. The lowest BCUT2D eigenvalue weighted by Crippen LogP contribution is -2.26. The van der Waals surface area contributed by atoms with Crippen LogP contribution in [0, 0.1) is 11.6 Å². The molecule has 2 rings (SSSR count). The molecule has 0 spiro atoms. The number of nitrogens with one attached hydrogen (secondary N) is 1. The van der Waals surface area contributed by atoms with E-state index in [0.29, 0.717) is 0 Å². The molecule has 0 radical (unpaired) electrons. The highest BCUT2D eigenvalue weighted by molar-refractivity contribution is 9.10. The summed E-state index contributed by atoms with van der Waals surface area (Å²) in [7, 11) is 0. The topological polar surface area (TPSA) is 24.9 Å². The number of benzene rings is 1. The van der Waals surface area contributed by atoms with Crippen LogP contribution < -0.4 is 5.32 Å². The van der Waals surface area contributed by atoms with Crippen LogP contribution in [0.1, 0.15) is 30.6 Å². The maximum atomic E-state index is 13.8. The number of hydrogen-bond acceptors (Lipinski definition) is 2. The molecular weight excluding hydrogens is 338 g/mol. The van der Waals surface area contributed by atoms with Crippen molar-refractivity contribution in [2.45, 2.75) is 25.8 Å². The molecular formula is C16H17BrF2N2. The summed E-state index contributed by atoms with van der Waals surface area (Å²) in [5.74, 6) is -1.05. The van der Waals surface area contributed by atoms with Gasteiger partial charge in [-0.2, -0.15) is 0 Å². The fourth-order valence-electron chi connectivity index (χ4n) is 2.17. The minimum absolute atomic E-state index is 0.0867. The molecule has 0 bridgehead atoms. The Balaban J connectivity index is 2.31. The summed E-state index contributed by atoms with van der Waals surface area (Å²) in [4.78, 5) is 4.33. The summed E-state index contributed by atoms with van der Waals surface area (Å²) in [6.45, 7) is 2.80. The Bertz CT molecular complexity index is 584. The van der Waals surface area contributed by atoms with E-state index in [4.69, 9.17) is 0 Å². The van der Waals surface area contributed by atoms with Crippen LogP contribution in [0.25, 0.3) is 0 Å². The first-order valence-electron chi connectivity index (χ1n) is 6.90. The fourth-order valence-corrected chi connectivity index (χ4v) is 2.70. The standard InChI is InChI=1S/C16H17BrF2N2/c1-2-8-20-15(16-12(17)5-4-9-21-16)10-11-13(18)6-3-7-14(11)19/h3-7,9,15,20H,2,8,10H2,1H3. The van der Waals surface area contributed by atoms with Crippen LogP contribution >= 0.6 is 15.9 Å². The molecule has 0 saturated carbocycles. The zero-order chi connectivity index (χ0) is 15.2. The second-order valence-corrected chi connectivity index (χ2v) is 5.64. The van der Waals surface area contributed by atoms with Crippen LogP contribution in [0.2, 0.25) is 0 Å². The van der Waals surface area contributed by atoms with Crippen molar-refractivity contribution in [1.29, 1.82) is 0 Å². The van der Waals surface area contributed by atoms with Gasteiger partial charge in [0.15, 0.2) is 0 Å². The Kier molecular flexibility index (Phi) is 5.82. The fraction of sp³-hybridized carbons (Fsp3) is 0.312. The van der Waals surface area contributed by atoms with Crippen LogP contribution in [0.15, 0.2) is 41.0 Å². The third-order valence-electron chi connectivity index (χ3n) is 3.23. The summed E-state index contributed by atoms with van der Waals surface area (Å²) in [6.07, 6.45) is 2.83. The highest BCUT2D eigenvalue weighted by Crippen LogP contribution is 2.26. The molecule has 0 saturated heterocycles. The highest BCUT2D eigenvalue weighted by atomic mass is 79.9. The Hall–Kier alpha value is -1.33. The number of hydrogen-bond donors (Lipinski definition) is 1. The van der Waals surface area contributed by atoms with Crippen molar-refractivity contribution in [3.05, 3.63) is 63.9 Å². The van der Waals surface area contributed by atoms with E-state index >= 15 is 0 Å². The molecule has 1 atom stereocenters. The Labute approximate surface area is 131 Å². The first kappa shape index (κ1) is 16.0. The molecule has 0 fully saturated rings. The van der Waals surface area contributed by atoms with Crippen LogP contribution in [0.3, 0.4) is 0 Å². The summed E-state index contributed by atoms with van der Waals surface area (Å²) in [6, 6.07) is 7.38. The molecule has 5 heteroatoms. The van der Waals surface area contributed by atoms with Gasteiger partial charge in [-0.05, 0) is 59.6 Å². The monoisotopic (exact) mass is 354 g/mol. The normalized spacial score (nSPS) is 12.4. The molecule has 1 heterocycles. The van der Waals surface area contributed by atoms with Crippen molar-refractivity contribution in [3.8, 4) is 0 Å². The number of pyridine rings is 1. The molecule has 1 aromatic carbocycles. The van der Waals surface area contributed by atoms with Crippen molar-refractivity contribution >= 4 is 15.9 Å². The minimum atomic E-state index is -0.523. The first-order valence-corrected chi connectivity index (χ1v) is 7.69. The lowest BCUT2D eigenvalue weighted by Gasteiger charge is -2.20. The predicted molar refractivity (Wildman–Crippen MR) is 83.0 cm³/mol. The van der Waals surface area contributed by atoms with Crippen molar-refractivity contribution in [1.82, 2.24) is 10.3 Å². The van der Waals surface area contributed by atoms with Crippen LogP contribution in [0.5, 0.6) is 0 Å². The molecule has 0 aliphatic rings. The second-order valence-electron chi connectivity index (χ2n) is 4.78. The molecule has 1 N–H and O–H groups in total. The Morgan fingerprint density at radius 1 is 1.19 bits per heavy atom. The van der Waals surface area contributed by atoms with Gasteiger partial charge in [-0.15, -0.1) is 0 Å².